The van der Waals surface area contributed by atoms with E-state index in [-0.39, 0.29) is 16.6 Å². The molecule has 0 saturated carbocycles. The van der Waals surface area contributed by atoms with Crippen LogP contribution in [0.2, 0.25) is 5.15 Å². The number of piperidine rings is 1. The van der Waals surface area contributed by atoms with Crippen LogP contribution in [0, 0.1) is 12.7 Å². The van der Waals surface area contributed by atoms with E-state index in [2.05, 4.69) is 15.4 Å². The molecule has 5 aromatic rings. The Kier molecular flexibility index (Phi) is 6.29. The first-order chi connectivity index (χ1) is 18.3. The van der Waals surface area contributed by atoms with Gasteiger partial charge in [-0.2, -0.15) is 5.10 Å². The second-order valence-corrected chi connectivity index (χ2v) is 11.7. The van der Waals surface area contributed by atoms with Crippen molar-refractivity contribution in [2.45, 2.75) is 30.7 Å². The summed E-state index contributed by atoms with van der Waals surface area (Å²) >= 11 is 6.57. The first-order valence-electron chi connectivity index (χ1n) is 12.4. The molecule has 0 aliphatic carbocycles. The highest BCUT2D eigenvalue weighted by molar-refractivity contribution is 7.90. The highest BCUT2D eigenvalue weighted by atomic mass is 35.5. The van der Waals surface area contributed by atoms with Gasteiger partial charge in [-0.05, 0) is 68.8 Å². The Labute approximate surface area is 224 Å². The first kappa shape index (κ1) is 24.8. The molecule has 0 radical (unpaired) electrons. The van der Waals surface area contributed by atoms with Gasteiger partial charge in [-0.25, -0.2) is 21.8 Å². The van der Waals surface area contributed by atoms with Gasteiger partial charge in [-0.1, -0.05) is 41.4 Å². The lowest BCUT2D eigenvalue weighted by Crippen LogP contribution is -2.29. The number of nitrogens with zero attached hydrogens (tertiary/aromatic N) is 4. The number of fused-ring (bicyclic) bond motifs is 1. The van der Waals surface area contributed by atoms with E-state index in [1.165, 1.54) is 18.3 Å². The van der Waals surface area contributed by atoms with Crippen molar-refractivity contribution in [1.82, 2.24) is 24.1 Å². The molecule has 1 fully saturated rings. The lowest BCUT2D eigenvalue weighted by molar-refractivity contribution is 0.343. The maximum Gasteiger partial charge on any atom is 0.269 e. The predicted molar refractivity (Wildman–Crippen MR) is 146 cm³/mol. The minimum Gasteiger partial charge on any atom is -0.317 e. The van der Waals surface area contributed by atoms with E-state index in [1.54, 1.807) is 42.6 Å². The van der Waals surface area contributed by atoms with Crippen molar-refractivity contribution in [3.05, 3.63) is 89.7 Å². The maximum absolute atomic E-state index is 14.2. The number of aromatic nitrogens is 4. The topological polar surface area (TPSA) is 81.8 Å². The average Bonchev–Trinajstić information content (AvgIpc) is 3.50. The zero-order valence-electron chi connectivity index (χ0n) is 20.6. The summed E-state index contributed by atoms with van der Waals surface area (Å²) in [5.41, 5.74) is 3.70. The molecule has 10 heteroatoms. The quantitative estimate of drug-likeness (QED) is 0.298. The highest BCUT2D eigenvalue weighted by Gasteiger charge is 2.25. The fourth-order valence-corrected chi connectivity index (χ4v) is 6.51. The molecule has 194 valence electrons. The normalized spacial score (nSPS) is 14.8. The van der Waals surface area contributed by atoms with Gasteiger partial charge in [0, 0.05) is 40.7 Å². The maximum atomic E-state index is 14.2. The molecule has 0 amide bonds. The molecule has 3 aromatic heterocycles. The molecule has 7 nitrogen and oxygen atoms in total. The number of nitrogens with one attached hydrogen (secondary N) is 1. The van der Waals surface area contributed by atoms with Gasteiger partial charge in [0.1, 0.15) is 5.82 Å². The van der Waals surface area contributed by atoms with Crippen molar-refractivity contribution in [2.24, 2.45) is 0 Å². The predicted octanol–water partition coefficient (Wildman–Crippen LogP) is 5.83. The molecule has 1 aliphatic rings. The summed E-state index contributed by atoms with van der Waals surface area (Å²) in [5, 5.41) is 8.82. The summed E-state index contributed by atoms with van der Waals surface area (Å²) in [6.07, 6.45) is 6.94. The zero-order chi connectivity index (χ0) is 26.4. The van der Waals surface area contributed by atoms with Crippen LogP contribution in [0.25, 0.3) is 33.3 Å². The monoisotopic (exact) mass is 549 g/mol. The Morgan fingerprint density at radius 1 is 1.00 bits per heavy atom. The molecule has 1 aliphatic heterocycles. The average molecular weight is 550 g/mol. The van der Waals surface area contributed by atoms with Crippen LogP contribution in [-0.4, -0.2) is 40.2 Å². The largest absolute Gasteiger partial charge is 0.317 e. The summed E-state index contributed by atoms with van der Waals surface area (Å²) in [4.78, 5) is 4.72. The van der Waals surface area contributed by atoms with Crippen LogP contribution in [0.4, 0.5) is 4.39 Å². The van der Waals surface area contributed by atoms with Crippen molar-refractivity contribution >= 4 is 32.7 Å². The molecule has 4 heterocycles. The summed E-state index contributed by atoms with van der Waals surface area (Å²) in [5.74, 6) is -0.416. The molecule has 0 spiro atoms. The third-order valence-corrected chi connectivity index (χ3v) is 8.95. The fraction of sp³-hybridized carbons (Fsp3) is 0.214. The Balaban J connectivity index is 1.52. The summed E-state index contributed by atoms with van der Waals surface area (Å²) in [6, 6.07) is 14.8. The summed E-state index contributed by atoms with van der Waals surface area (Å²) in [7, 11) is -3.96. The Morgan fingerprint density at radius 2 is 1.76 bits per heavy atom. The number of hydrogen-bond acceptors (Lipinski definition) is 5. The van der Waals surface area contributed by atoms with Crippen LogP contribution in [-0.2, 0) is 10.0 Å². The number of hydrogen-bond donors (Lipinski definition) is 1. The van der Waals surface area contributed by atoms with E-state index in [0.29, 0.717) is 32.8 Å². The molecule has 38 heavy (non-hydrogen) atoms. The molecular formula is C28H25ClFN5O2S. The minimum atomic E-state index is -3.96. The number of benzene rings is 2. The van der Waals surface area contributed by atoms with Crippen molar-refractivity contribution in [1.29, 1.82) is 0 Å². The molecule has 2 aromatic carbocycles. The first-order valence-corrected chi connectivity index (χ1v) is 14.2. The molecule has 0 bridgehead atoms. The van der Waals surface area contributed by atoms with E-state index in [9.17, 15) is 12.8 Å². The van der Waals surface area contributed by atoms with E-state index < -0.39 is 15.8 Å². The summed E-state index contributed by atoms with van der Waals surface area (Å²) < 4.78 is 44.6. The van der Waals surface area contributed by atoms with Gasteiger partial charge in [0.2, 0.25) is 0 Å². The number of aryl methyl sites for hydroxylation is 1. The summed E-state index contributed by atoms with van der Waals surface area (Å²) in [6.45, 7) is 3.74. The Morgan fingerprint density at radius 3 is 2.50 bits per heavy atom. The van der Waals surface area contributed by atoms with Crippen LogP contribution in [0.15, 0.2) is 78.1 Å². The van der Waals surface area contributed by atoms with E-state index >= 15 is 0 Å². The van der Waals surface area contributed by atoms with Crippen LogP contribution in [0.3, 0.4) is 0 Å². The van der Waals surface area contributed by atoms with Crippen LogP contribution in [0.1, 0.15) is 24.4 Å². The lowest BCUT2D eigenvalue weighted by Gasteiger charge is -2.22. The minimum absolute atomic E-state index is 0.142. The van der Waals surface area contributed by atoms with Gasteiger partial charge in [0.05, 0.1) is 10.9 Å². The van der Waals surface area contributed by atoms with Gasteiger partial charge in [0.15, 0.2) is 10.8 Å². The van der Waals surface area contributed by atoms with Crippen LogP contribution in [0.5, 0.6) is 0 Å². The Hall–Kier alpha value is -3.53. The third kappa shape index (κ3) is 4.40. The van der Waals surface area contributed by atoms with Crippen molar-refractivity contribution in [3.63, 3.8) is 0 Å². The molecule has 0 atom stereocenters. The number of pyridine rings is 1. The van der Waals surface area contributed by atoms with Gasteiger partial charge in [-0.3, -0.25) is 4.68 Å². The smallest absolute Gasteiger partial charge is 0.269 e. The SMILES string of the molecule is Cc1ccc(S(=O)(=O)n2cc(-c3cccc(F)c3)c3cc(-c4cn(C5CCNCC5)nc4Cl)cnc32)cc1. The molecule has 6 rings (SSSR count). The number of rotatable bonds is 5. The van der Waals surface area contributed by atoms with Gasteiger partial charge in [0.25, 0.3) is 10.0 Å². The van der Waals surface area contributed by atoms with Gasteiger partial charge >= 0.3 is 0 Å². The number of halogens is 2. The molecule has 0 unspecified atom stereocenters. The van der Waals surface area contributed by atoms with Gasteiger partial charge < -0.3 is 5.32 Å². The fourth-order valence-electron chi connectivity index (χ4n) is 4.94. The van der Waals surface area contributed by atoms with E-state index in [1.807, 2.05) is 23.9 Å². The van der Waals surface area contributed by atoms with E-state index in [0.717, 1.165) is 35.5 Å². The van der Waals surface area contributed by atoms with Crippen molar-refractivity contribution in [3.8, 4) is 22.3 Å². The van der Waals surface area contributed by atoms with Crippen LogP contribution < -0.4 is 5.32 Å². The van der Waals surface area contributed by atoms with Crippen molar-refractivity contribution < 1.29 is 12.8 Å². The van der Waals surface area contributed by atoms with Crippen molar-refractivity contribution in [2.75, 3.05) is 13.1 Å². The second-order valence-electron chi connectivity index (χ2n) is 9.56. The molecular weight excluding hydrogens is 525 g/mol. The highest BCUT2D eigenvalue weighted by Crippen LogP contribution is 2.37. The zero-order valence-corrected chi connectivity index (χ0v) is 22.2. The molecule has 1 N–H and O–H groups in total. The Bertz CT molecular complexity index is 1760. The van der Waals surface area contributed by atoms with E-state index in [4.69, 9.17) is 11.6 Å². The second kappa shape index (κ2) is 9.65. The third-order valence-electron chi connectivity index (χ3n) is 7.01. The standard InChI is InChI=1S/C28H25ClFN5O2S/c1-18-5-7-23(8-6-18)38(36,37)35-17-25(19-3-2-4-21(30)13-19)24-14-20(15-32-28(24)35)26-16-34(33-27(26)29)22-9-11-31-12-10-22/h2-8,13-17,22,31H,9-12H2,1H3. The molecule has 1 saturated heterocycles. The van der Waals surface area contributed by atoms with Crippen LogP contribution >= 0.6 is 11.6 Å². The lowest BCUT2D eigenvalue weighted by atomic mass is 10.0. The van der Waals surface area contributed by atoms with Gasteiger partial charge in [-0.15, -0.1) is 0 Å².